The van der Waals surface area contributed by atoms with E-state index in [4.69, 9.17) is 4.42 Å². The van der Waals surface area contributed by atoms with Crippen LogP contribution in [0.4, 0.5) is 13.2 Å². The number of halogens is 3. The summed E-state index contributed by atoms with van der Waals surface area (Å²) in [6, 6.07) is 9.64. The fourth-order valence-electron chi connectivity index (χ4n) is 3.13. The van der Waals surface area contributed by atoms with Gasteiger partial charge in [-0.05, 0) is 25.5 Å². The number of aliphatic imine (C=N–C) groups is 1. The summed E-state index contributed by atoms with van der Waals surface area (Å²) in [7, 11) is 0. The van der Waals surface area contributed by atoms with Crippen LogP contribution in [0.2, 0.25) is 0 Å². The highest BCUT2D eigenvalue weighted by molar-refractivity contribution is 5.80. The number of furan rings is 1. The minimum Gasteiger partial charge on any atom is -0.459 e. The van der Waals surface area contributed by atoms with Crippen molar-refractivity contribution in [2.75, 3.05) is 26.2 Å². The Morgan fingerprint density at radius 1 is 1.35 bits per heavy atom. The first-order chi connectivity index (χ1) is 12.4. The Kier molecular flexibility index (Phi) is 5.70. The predicted octanol–water partition coefficient (Wildman–Crippen LogP) is 3.12. The van der Waals surface area contributed by atoms with Crippen molar-refractivity contribution in [2.24, 2.45) is 4.99 Å². The van der Waals surface area contributed by atoms with Gasteiger partial charge in [-0.2, -0.15) is 13.2 Å². The molecule has 0 amide bonds. The highest BCUT2D eigenvalue weighted by Gasteiger charge is 2.34. The van der Waals surface area contributed by atoms with Gasteiger partial charge in [-0.3, -0.25) is 4.90 Å². The van der Waals surface area contributed by atoms with Crippen LogP contribution in [0.3, 0.4) is 0 Å². The Bertz CT molecular complexity index is 723. The minimum absolute atomic E-state index is 0.0502. The van der Waals surface area contributed by atoms with Crippen LogP contribution in [-0.4, -0.2) is 49.3 Å². The van der Waals surface area contributed by atoms with Crippen molar-refractivity contribution < 1.29 is 17.6 Å². The van der Waals surface area contributed by atoms with Crippen LogP contribution >= 0.6 is 0 Å². The highest BCUT2D eigenvalue weighted by atomic mass is 19.4. The number of hydrogen-bond donors (Lipinski definition) is 2. The number of likely N-dealkylation sites (tertiary alicyclic amines) is 1. The van der Waals surface area contributed by atoms with Crippen molar-refractivity contribution in [3.8, 4) is 0 Å². The zero-order chi connectivity index (χ0) is 18.6. The SMILES string of the molecule is CCNC(=NCc1cc2ccccc2o1)NC1CCN(CC(F)(F)F)C1. The van der Waals surface area contributed by atoms with E-state index in [1.807, 2.05) is 37.3 Å². The first-order valence-corrected chi connectivity index (χ1v) is 8.74. The fourth-order valence-corrected chi connectivity index (χ4v) is 3.13. The number of fused-ring (bicyclic) bond motifs is 1. The van der Waals surface area contributed by atoms with Gasteiger partial charge >= 0.3 is 6.18 Å². The van der Waals surface area contributed by atoms with Crippen LogP contribution in [0.1, 0.15) is 19.1 Å². The van der Waals surface area contributed by atoms with Gasteiger partial charge in [-0.15, -0.1) is 0 Å². The van der Waals surface area contributed by atoms with Gasteiger partial charge in [0.1, 0.15) is 17.9 Å². The van der Waals surface area contributed by atoms with E-state index in [2.05, 4.69) is 15.6 Å². The van der Waals surface area contributed by atoms with E-state index in [1.165, 1.54) is 4.90 Å². The van der Waals surface area contributed by atoms with E-state index in [0.29, 0.717) is 38.6 Å². The third-order valence-corrected chi connectivity index (χ3v) is 4.23. The summed E-state index contributed by atoms with van der Waals surface area (Å²) in [6.45, 7) is 2.91. The van der Waals surface area contributed by atoms with Crippen LogP contribution in [0.15, 0.2) is 39.7 Å². The van der Waals surface area contributed by atoms with E-state index >= 15 is 0 Å². The zero-order valence-electron chi connectivity index (χ0n) is 14.6. The maximum absolute atomic E-state index is 12.5. The molecule has 2 N–H and O–H groups in total. The second-order valence-corrected chi connectivity index (χ2v) is 6.43. The lowest BCUT2D eigenvalue weighted by atomic mass is 10.2. The van der Waals surface area contributed by atoms with Gasteiger partial charge < -0.3 is 15.1 Å². The number of alkyl halides is 3. The third-order valence-electron chi connectivity index (χ3n) is 4.23. The lowest BCUT2D eigenvalue weighted by Gasteiger charge is -2.19. The minimum atomic E-state index is -4.16. The molecule has 1 aromatic heterocycles. The molecule has 1 aromatic carbocycles. The molecular weight excluding hydrogens is 345 g/mol. The third kappa shape index (κ3) is 5.14. The molecule has 2 heterocycles. The molecule has 1 fully saturated rings. The van der Waals surface area contributed by atoms with Gasteiger partial charge in [0, 0.05) is 31.1 Å². The van der Waals surface area contributed by atoms with Crippen molar-refractivity contribution in [1.29, 1.82) is 0 Å². The molecule has 8 heteroatoms. The van der Waals surface area contributed by atoms with E-state index in [-0.39, 0.29) is 6.04 Å². The molecule has 142 valence electrons. The summed E-state index contributed by atoms with van der Waals surface area (Å²) < 4.78 is 43.3. The molecule has 0 radical (unpaired) electrons. The summed E-state index contributed by atoms with van der Waals surface area (Å²) in [5.41, 5.74) is 0.814. The van der Waals surface area contributed by atoms with Gasteiger partial charge in [0.15, 0.2) is 5.96 Å². The standard InChI is InChI=1S/C18H23F3N4O/c1-2-22-17(24-14-7-8-25(11-14)12-18(19,20)21)23-10-15-9-13-5-3-4-6-16(13)26-15/h3-6,9,14H,2,7-8,10-12H2,1H3,(H2,22,23,24). The Balaban J connectivity index is 1.59. The first-order valence-electron chi connectivity index (χ1n) is 8.74. The molecule has 1 aliphatic heterocycles. The van der Waals surface area contributed by atoms with E-state index in [0.717, 1.165) is 16.7 Å². The smallest absolute Gasteiger partial charge is 0.401 e. The van der Waals surface area contributed by atoms with Gasteiger partial charge in [-0.1, -0.05) is 18.2 Å². The number of benzene rings is 1. The topological polar surface area (TPSA) is 52.8 Å². The largest absolute Gasteiger partial charge is 0.459 e. The highest BCUT2D eigenvalue weighted by Crippen LogP contribution is 2.20. The molecule has 0 saturated carbocycles. The molecular formula is C18H23F3N4O. The van der Waals surface area contributed by atoms with Crippen LogP contribution in [0.5, 0.6) is 0 Å². The Labute approximate surface area is 150 Å². The molecule has 0 bridgehead atoms. The first kappa shape index (κ1) is 18.6. The second-order valence-electron chi connectivity index (χ2n) is 6.43. The maximum Gasteiger partial charge on any atom is 0.401 e. The van der Waals surface area contributed by atoms with Gasteiger partial charge in [0.2, 0.25) is 0 Å². The summed E-state index contributed by atoms with van der Waals surface area (Å²) in [4.78, 5) is 5.92. The lowest BCUT2D eigenvalue weighted by molar-refractivity contribution is -0.143. The number of rotatable bonds is 5. The monoisotopic (exact) mass is 368 g/mol. The van der Waals surface area contributed by atoms with Crippen LogP contribution < -0.4 is 10.6 Å². The number of para-hydroxylation sites is 1. The van der Waals surface area contributed by atoms with E-state index < -0.39 is 12.7 Å². The predicted molar refractivity (Wildman–Crippen MR) is 95.1 cm³/mol. The number of guanidine groups is 1. The molecule has 2 aromatic rings. The molecule has 1 aliphatic rings. The van der Waals surface area contributed by atoms with Crippen LogP contribution in [0.25, 0.3) is 11.0 Å². The zero-order valence-corrected chi connectivity index (χ0v) is 14.6. The van der Waals surface area contributed by atoms with Crippen LogP contribution in [0, 0.1) is 0 Å². The van der Waals surface area contributed by atoms with E-state index in [1.54, 1.807) is 0 Å². The van der Waals surface area contributed by atoms with Crippen molar-refractivity contribution in [3.63, 3.8) is 0 Å². The summed E-state index contributed by atoms with van der Waals surface area (Å²) in [6.07, 6.45) is -3.50. The molecule has 1 atom stereocenters. The summed E-state index contributed by atoms with van der Waals surface area (Å²) >= 11 is 0. The Morgan fingerprint density at radius 2 is 2.15 bits per heavy atom. The number of nitrogens with one attached hydrogen (secondary N) is 2. The van der Waals surface area contributed by atoms with Crippen LogP contribution in [-0.2, 0) is 6.54 Å². The molecule has 3 rings (SSSR count). The van der Waals surface area contributed by atoms with Gasteiger partial charge in [0.25, 0.3) is 0 Å². The van der Waals surface area contributed by atoms with Crippen molar-refractivity contribution in [1.82, 2.24) is 15.5 Å². The molecule has 1 unspecified atom stereocenters. The average molecular weight is 368 g/mol. The van der Waals surface area contributed by atoms with Gasteiger partial charge in [-0.25, -0.2) is 4.99 Å². The summed E-state index contributed by atoms with van der Waals surface area (Å²) in [5, 5.41) is 7.38. The molecule has 0 spiro atoms. The van der Waals surface area contributed by atoms with E-state index in [9.17, 15) is 13.2 Å². The van der Waals surface area contributed by atoms with Gasteiger partial charge in [0.05, 0.1) is 6.54 Å². The maximum atomic E-state index is 12.5. The normalized spacial score (nSPS) is 19.2. The molecule has 26 heavy (non-hydrogen) atoms. The average Bonchev–Trinajstić information content (AvgIpc) is 3.17. The fraction of sp³-hybridized carbons (Fsp3) is 0.500. The van der Waals surface area contributed by atoms with Crippen molar-refractivity contribution in [3.05, 3.63) is 36.1 Å². The Morgan fingerprint density at radius 3 is 2.88 bits per heavy atom. The summed E-state index contributed by atoms with van der Waals surface area (Å²) in [5.74, 6) is 1.33. The van der Waals surface area contributed by atoms with Crippen molar-refractivity contribution >= 4 is 16.9 Å². The quantitative estimate of drug-likeness (QED) is 0.629. The van der Waals surface area contributed by atoms with Crippen molar-refractivity contribution in [2.45, 2.75) is 32.1 Å². The molecule has 1 saturated heterocycles. The number of nitrogens with zero attached hydrogens (tertiary/aromatic N) is 2. The molecule has 5 nitrogen and oxygen atoms in total. The lowest BCUT2D eigenvalue weighted by Crippen LogP contribution is -2.45. The second kappa shape index (κ2) is 7.99. The molecule has 0 aliphatic carbocycles. The Hall–Kier alpha value is -2.22. The number of hydrogen-bond acceptors (Lipinski definition) is 3.